The predicted molar refractivity (Wildman–Crippen MR) is 69.5 cm³/mol. The minimum Gasteiger partial charge on any atom is -0.337 e. The number of H-pyrrole nitrogens is 1. The largest absolute Gasteiger partial charge is 0.337 e. The Bertz CT molecular complexity index is 436. The number of carbonyl (C=O) groups excluding carboxylic acids is 1. The molecule has 4 heteroatoms. The van der Waals surface area contributed by atoms with Gasteiger partial charge < -0.3 is 4.90 Å². The average Bonchev–Trinajstić information content (AvgIpc) is 3.14. The van der Waals surface area contributed by atoms with Crippen molar-refractivity contribution < 1.29 is 4.79 Å². The Balaban J connectivity index is 1.68. The highest BCUT2D eigenvalue weighted by Gasteiger charge is 2.28. The van der Waals surface area contributed by atoms with Gasteiger partial charge in [0, 0.05) is 24.7 Å². The monoisotopic (exact) mass is 247 g/mol. The molecule has 1 aliphatic heterocycles. The number of amides is 1. The average molecular weight is 247 g/mol. The van der Waals surface area contributed by atoms with Crippen molar-refractivity contribution in [2.75, 3.05) is 13.1 Å². The summed E-state index contributed by atoms with van der Waals surface area (Å²) in [6.07, 6.45) is 5.93. The van der Waals surface area contributed by atoms with Gasteiger partial charge in [-0.2, -0.15) is 5.10 Å². The molecule has 0 spiro atoms. The van der Waals surface area contributed by atoms with Crippen molar-refractivity contribution in [3.8, 4) is 0 Å². The van der Waals surface area contributed by atoms with E-state index in [2.05, 4.69) is 17.1 Å². The number of nitrogens with one attached hydrogen (secondary N) is 1. The van der Waals surface area contributed by atoms with Gasteiger partial charge >= 0.3 is 0 Å². The van der Waals surface area contributed by atoms with Crippen molar-refractivity contribution in [2.24, 2.45) is 5.92 Å². The minimum absolute atomic E-state index is 0.104. The maximum atomic E-state index is 12.4. The van der Waals surface area contributed by atoms with E-state index in [1.54, 1.807) is 0 Å². The second-order valence-electron chi connectivity index (χ2n) is 5.81. The molecule has 1 N–H and O–H groups in total. The van der Waals surface area contributed by atoms with Crippen LogP contribution in [0, 0.1) is 5.92 Å². The maximum absolute atomic E-state index is 12.4. The molecule has 3 rings (SSSR count). The molecule has 1 atom stereocenters. The Hall–Kier alpha value is -1.32. The number of carbonyl (C=O) groups is 1. The normalized spacial score (nSPS) is 24.9. The van der Waals surface area contributed by atoms with Crippen LogP contribution in [-0.4, -0.2) is 34.1 Å². The van der Waals surface area contributed by atoms with E-state index in [-0.39, 0.29) is 5.91 Å². The molecule has 1 aromatic heterocycles. The molecule has 2 heterocycles. The summed E-state index contributed by atoms with van der Waals surface area (Å²) in [6, 6.07) is 1.95. The van der Waals surface area contributed by atoms with Gasteiger partial charge in [-0.25, -0.2) is 0 Å². The fraction of sp³-hybridized carbons (Fsp3) is 0.714. The van der Waals surface area contributed by atoms with E-state index in [4.69, 9.17) is 0 Å². The number of rotatable bonds is 2. The van der Waals surface area contributed by atoms with Crippen LogP contribution in [0.1, 0.15) is 61.1 Å². The second-order valence-corrected chi connectivity index (χ2v) is 5.81. The molecule has 0 radical (unpaired) electrons. The van der Waals surface area contributed by atoms with E-state index in [0.717, 1.165) is 37.5 Å². The summed E-state index contributed by atoms with van der Waals surface area (Å²) in [6.45, 7) is 4.04. The highest BCUT2D eigenvalue weighted by atomic mass is 16.2. The Labute approximate surface area is 108 Å². The lowest BCUT2D eigenvalue weighted by molar-refractivity contribution is 0.0754. The van der Waals surface area contributed by atoms with E-state index < -0.39 is 0 Å². The van der Waals surface area contributed by atoms with Crippen molar-refractivity contribution >= 4 is 5.91 Å². The quantitative estimate of drug-likeness (QED) is 0.873. The van der Waals surface area contributed by atoms with Gasteiger partial charge in [-0.15, -0.1) is 0 Å². The van der Waals surface area contributed by atoms with E-state index in [1.165, 1.54) is 19.3 Å². The van der Waals surface area contributed by atoms with Gasteiger partial charge in [0.1, 0.15) is 5.69 Å². The van der Waals surface area contributed by atoms with Gasteiger partial charge in [0.2, 0.25) is 0 Å². The third kappa shape index (κ3) is 2.42. The Morgan fingerprint density at radius 1 is 1.33 bits per heavy atom. The van der Waals surface area contributed by atoms with E-state index in [1.807, 2.05) is 11.0 Å². The first kappa shape index (κ1) is 11.8. The number of hydrogen-bond acceptors (Lipinski definition) is 2. The lowest BCUT2D eigenvalue weighted by Gasteiger charge is -2.18. The molecule has 2 fully saturated rings. The molecule has 1 saturated carbocycles. The molecular formula is C14H21N3O. The van der Waals surface area contributed by atoms with Crippen LogP contribution < -0.4 is 0 Å². The summed E-state index contributed by atoms with van der Waals surface area (Å²) in [4.78, 5) is 14.3. The standard InChI is InChI=1S/C14H21N3O/c1-10-3-2-7-17(8-6-10)14(18)13-9-12(15-16-13)11-4-5-11/h9-11H,2-8H2,1H3,(H,15,16)/t10-/m1/s1. The Kier molecular flexibility index (Phi) is 3.10. The van der Waals surface area contributed by atoms with Crippen LogP contribution in [0.3, 0.4) is 0 Å². The predicted octanol–water partition coefficient (Wildman–Crippen LogP) is 2.55. The Morgan fingerprint density at radius 2 is 2.17 bits per heavy atom. The lowest BCUT2D eigenvalue weighted by Crippen LogP contribution is -2.32. The molecule has 1 aliphatic carbocycles. The van der Waals surface area contributed by atoms with Crippen LogP contribution >= 0.6 is 0 Å². The zero-order valence-corrected chi connectivity index (χ0v) is 11.0. The van der Waals surface area contributed by atoms with Gasteiger partial charge in [-0.05, 0) is 44.1 Å². The number of likely N-dealkylation sites (tertiary alicyclic amines) is 1. The molecule has 1 saturated heterocycles. The van der Waals surface area contributed by atoms with Crippen LogP contribution in [0.15, 0.2) is 6.07 Å². The van der Waals surface area contributed by atoms with Gasteiger partial charge in [0.15, 0.2) is 0 Å². The molecule has 1 amide bonds. The summed E-state index contributed by atoms with van der Waals surface area (Å²) in [7, 11) is 0. The lowest BCUT2D eigenvalue weighted by atomic mass is 10.0. The first-order valence-corrected chi connectivity index (χ1v) is 7.08. The van der Waals surface area contributed by atoms with Crippen LogP contribution in [0.5, 0.6) is 0 Å². The first-order chi connectivity index (χ1) is 8.74. The first-order valence-electron chi connectivity index (χ1n) is 7.08. The van der Waals surface area contributed by atoms with Crippen molar-refractivity contribution in [1.29, 1.82) is 0 Å². The SMILES string of the molecule is C[C@@H]1CCCN(C(=O)c2cc(C3CC3)[nH]n2)CC1. The Morgan fingerprint density at radius 3 is 2.94 bits per heavy atom. The molecule has 1 aromatic rings. The molecular weight excluding hydrogens is 226 g/mol. The highest BCUT2D eigenvalue weighted by Crippen LogP contribution is 2.39. The third-order valence-electron chi connectivity index (χ3n) is 4.14. The van der Waals surface area contributed by atoms with E-state index >= 15 is 0 Å². The van der Waals surface area contributed by atoms with Gasteiger partial charge in [0.25, 0.3) is 5.91 Å². The molecule has 4 nitrogen and oxygen atoms in total. The fourth-order valence-corrected chi connectivity index (χ4v) is 2.68. The van der Waals surface area contributed by atoms with Crippen molar-refractivity contribution in [1.82, 2.24) is 15.1 Å². The topological polar surface area (TPSA) is 49.0 Å². The van der Waals surface area contributed by atoms with E-state index in [9.17, 15) is 4.79 Å². The number of aromatic nitrogens is 2. The summed E-state index contributed by atoms with van der Waals surface area (Å²) in [5, 5.41) is 7.20. The molecule has 0 unspecified atom stereocenters. The summed E-state index contributed by atoms with van der Waals surface area (Å²) < 4.78 is 0. The number of nitrogens with zero attached hydrogens (tertiary/aromatic N) is 2. The van der Waals surface area contributed by atoms with Crippen LogP contribution in [0.25, 0.3) is 0 Å². The zero-order valence-electron chi connectivity index (χ0n) is 11.0. The molecule has 18 heavy (non-hydrogen) atoms. The zero-order chi connectivity index (χ0) is 12.5. The summed E-state index contributed by atoms with van der Waals surface area (Å²) in [5.41, 5.74) is 1.74. The summed E-state index contributed by atoms with van der Waals surface area (Å²) in [5.74, 6) is 1.47. The van der Waals surface area contributed by atoms with Crippen LogP contribution in [-0.2, 0) is 0 Å². The molecule has 0 aromatic carbocycles. The van der Waals surface area contributed by atoms with Gasteiger partial charge in [0.05, 0.1) is 0 Å². The van der Waals surface area contributed by atoms with Crippen molar-refractivity contribution in [2.45, 2.75) is 44.9 Å². The van der Waals surface area contributed by atoms with Crippen LogP contribution in [0.4, 0.5) is 0 Å². The minimum atomic E-state index is 0.104. The highest BCUT2D eigenvalue weighted by molar-refractivity contribution is 5.92. The van der Waals surface area contributed by atoms with E-state index in [0.29, 0.717) is 11.6 Å². The fourth-order valence-electron chi connectivity index (χ4n) is 2.68. The molecule has 98 valence electrons. The van der Waals surface area contributed by atoms with Gasteiger partial charge in [-0.1, -0.05) is 6.92 Å². The van der Waals surface area contributed by atoms with Crippen LogP contribution in [0.2, 0.25) is 0 Å². The second kappa shape index (κ2) is 4.75. The van der Waals surface area contributed by atoms with Crippen molar-refractivity contribution in [3.05, 3.63) is 17.5 Å². The smallest absolute Gasteiger partial charge is 0.274 e. The van der Waals surface area contributed by atoms with Gasteiger partial charge in [-0.3, -0.25) is 9.89 Å². The van der Waals surface area contributed by atoms with Crippen molar-refractivity contribution in [3.63, 3.8) is 0 Å². The molecule has 0 bridgehead atoms. The maximum Gasteiger partial charge on any atom is 0.274 e. The molecule has 2 aliphatic rings. The number of hydrogen-bond donors (Lipinski definition) is 1. The third-order valence-corrected chi connectivity index (χ3v) is 4.14. The number of aromatic amines is 1. The summed E-state index contributed by atoms with van der Waals surface area (Å²) >= 11 is 0.